The van der Waals surface area contributed by atoms with Crippen molar-refractivity contribution >= 4 is 5.91 Å². The molecule has 0 fully saturated rings. The fraction of sp³-hybridized carbons (Fsp3) is 0.389. The second-order valence-corrected chi connectivity index (χ2v) is 6.32. The van der Waals surface area contributed by atoms with Crippen molar-refractivity contribution in [3.63, 3.8) is 0 Å². The molecule has 138 valence electrons. The predicted molar refractivity (Wildman–Crippen MR) is 94.8 cm³/mol. The lowest BCUT2D eigenvalue weighted by Crippen LogP contribution is -2.37. The highest BCUT2D eigenvalue weighted by Gasteiger charge is 2.23. The molecule has 0 unspecified atom stereocenters. The molecule has 0 radical (unpaired) electrons. The van der Waals surface area contributed by atoms with E-state index in [1.54, 1.807) is 14.0 Å². The van der Waals surface area contributed by atoms with Crippen LogP contribution in [0.1, 0.15) is 16.8 Å². The van der Waals surface area contributed by atoms with E-state index in [1.807, 2.05) is 18.2 Å². The number of ether oxygens (including phenoxy) is 2. The zero-order valence-electron chi connectivity index (χ0n) is 14.7. The molecule has 1 aromatic carbocycles. The van der Waals surface area contributed by atoms with E-state index in [-0.39, 0.29) is 23.8 Å². The van der Waals surface area contributed by atoms with E-state index in [1.165, 1.54) is 0 Å². The normalized spacial score (nSPS) is 15.7. The second kappa shape index (κ2) is 7.47. The van der Waals surface area contributed by atoms with Gasteiger partial charge in [0, 0.05) is 23.7 Å². The maximum atomic E-state index is 12.2. The quantitative estimate of drug-likeness (QED) is 0.710. The van der Waals surface area contributed by atoms with Crippen LogP contribution in [0.4, 0.5) is 0 Å². The summed E-state index contributed by atoms with van der Waals surface area (Å²) in [5.41, 5.74) is 0.587. The summed E-state index contributed by atoms with van der Waals surface area (Å²) in [6.45, 7) is 2.51. The Morgan fingerprint density at radius 3 is 2.88 bits per heavy atom. The summed E-state index contributed by atoms with van der Waals surface area (Å²) in [5, 5.41) is 2.83. The van der Waals surface area contributed by atoms with Gasteiger partial charge < -0.3 is 19.8 Å². The van der Waals surface area contributed by atoms with Crippen LogP contribution in [0, 0.1) is 12.8 Å². The molecule has 1 aliphatic rings. The van der Waals surface area contributed by atoms with Crippen molar-refractivity contribution < 1.29 is 14.3 Å². The first-order valence-corrected chi connectivity index (χ1v) is 8.35. The molecule has 0 bridgehead atoms. The van der Waals surface area contributed by atoms with Gasteiger partial charge in [-0.15, -0.1) is 0 Å². The van der Waals surface area contributed by atoms with Crippen LogP contribution < -0.4 is 26.0 Å². The average Bonchev–Trinajstić information content (AvgIpc) is 2.62. The van der Waals surface area contributed by atoms with Gasteiger partial charge in [-0.3, -0.25) is 14.6 Å². The van der Waals surface area contributed by atoms with Crippen molar-refractivity contribution in [2.24, 2.45) is 5.92 Å². The monoisotopic (exact) mass is 359 g/mol. The largest absolute Gasteiger partial charge is 0.493 e. The van der Waals surface area contributed by atoms with Gasteiger partial charge >= 0.3 is 5.69 Å². The summed E-state index contributed by atoms with van der Waals surface area (Å²) < 4.78 is 11.1. The number of para-hydroxylation sites is 1. The number of aromatic nitrogens is 2. The Morgan fingerprint density at radius 1 is 1.35 bits per heavy atom. The van der Waals surface area contributed by atoms with Gasteiger partial charge in [-0.2, -0.15) is 0 Å². The molecule has 0 spiro atoms. The van der Waals surface area contributed by atoms with Gasteiger partial charge in [0.05, 0.1) is 20.1 Å². The lowest BCUT2D eigenvalue weighted by Gasteiger charge is -2.26. The molecule has 8 nitrogen and oxygen atoms in total. The van der Waals surface area contributed by atoms with E-state index in [9.17, 15) is 14.4 Å². The summed E-state index contributed by atoms with van der Waals surface area (Å²) in [4.78, 5) is 39.8. The molecule has 0 saturated carbocycles. The van der Waals surface area contributed by atoms with E-state index < -0.39 is 11.2 Å². The molecule has 1 amide bonds. The number of hydrogen-bond donors (Lipinski definition) is 3. The molecule has 3 N–H and O–H groups in total. The highest BCUT2D eigenvalue weighted by molar-refractivity contribution is 5.78. The van der Waals surface area contributed by atoms with Gasteiger partial charge in [-0.25, -0.2) is 4.79 Å². The van der Waals surface area contributed by atoms with Gasteiger partial charge in [0.2, 0.25) is 5.91 Å². The number of fused-ring (bicyclic) bond motifs is 1. The maximum Gasteiger partial charge on any atom is 0.325 e. The third-order valence-corrected chi connectivity index (χ3v) is 4.43. The van der Waals surface area contributed by atoms with Crippen LogP contribution in [0.15, 0.2) is 27.8 Å². The number of nitrogens with one attached hydrogen (secondary N) is 3. The molecule has 8 heteroatoms. The second-order valence-electron chi connectivity index (χ2n) is 6.32. The number of amides is 1. The highest BCUT2D eigenvalue weighted by Crippen LogP contribution is 2.35. The van der Waals surface area contributed by atoms with Crippen molar-refractivity contribution in [1.29, 1.82) is 0 Å². The zero-order valence-corrected chi connectivity index (χ0v) is 14.7. The number of H-pyrrole nitrogens is 2. The number of hydrogen-bond acceptors (Lipinski definition) is 5. The maximum absolute atomic E-state index is 12.2. The van der Waals surface area contributed by atoms with Crippen LogP contribution >= 0.6 is 0 Å². The Balaban J connectivity index is 1.59. The summed E-state index contributed by atoms with van der Waals surface area (Å²) in [6.07, 6.45) is 0.682. The third-order valence-electron chi connectivity index (χ3n) is 4.43. The number of aromatic amines is 2. The Morgan fingerprint density at radius 2 is 2.15 bits per heavy atom. The first-order chi connectivity index (χ1) is 12.5. The zero-order chi connectivity index (χ0) is 18.7. The highest BCUT2D eigenvalue weighted by atomic mass is 16.5. The van der Waals surface area contributed by atoms with Crippen LogP contribution in [-0.2, 0) is 17.6 Å². The third kappa shape index (κ3) is 3.79. The topological polar surface area (TPSA) is 113 Å². The van der Waals surface area contributed by atoms with Crippen LogP contribution in [-0.4, -0.2) is 36.1 Å². The molecular weight excluding hydrogens is 338 g/mol. The van der Waals surface area contributed by atoms with Crippen LogP contribution in [0.25, 0.3) is 0 Å². The van der Waals surface area contributed by atoms with Crippen molar-refractivity contribution in [2.45, 2.75) is 19.8 Å². The molecule has 0 aliphatic carbocycles. The van der Waals surface area contributed by atoms with Crippen LogP contribution in [0.5, 0.6) is 11.5 Å². The number of aryl methyl sites for hydroxylation is 1. The molecule has 1 aliphatic heterocycles. The average molecular weight is 359 g/mol. The number of methoxy groups -OCH3 is 1. The fourth-order valence-electron chi connectivity index (χ4n) is 3.07. The minimum absolute atomic E-state index is 0.0874. The van der Waals surface area contributed by atoms with E-state index in [2.05, 4.69) is 15.3 Å². The van der Waals surface area contributed by atoms with Crippen molar-refractivity contribution in [2.75, 3.05) is 20.3 Å². The molecule has 26 heavy (non-hydrogen) atoms. The number of carbonyl (C=O) groups is 1. The predicted octanol–water partition coefficient (Wildman–Crippen LogP) is 0.290. The standard InChI is InChI=1S/C18H21N3O5/c1-10-13(17(23)21-18(24)20-10)7-15(22)19-8-11-6-12-4-3-5-14(25-2)16(12)26-9-11/h3-5,11H,6-9H2,1-2H3,(H,19,22)(H2,20,21,23,24)/t11-/m1/s1. The molecule has 3 rings (SSSR count). The smallest absolute Gasteiger partial charge is 0.325 e. The van der Waals surface area contributed by atoms with Crippen molar-refractivity contribution in [3.8, 4) is 11.5 Å². The molecule has 1 aromatic heterocycles. The van der Waals surface area contributed by atoms with E-state index >= 15 is 0 Å². The lowest BCUT2D eigenvalue weighted by atomic mass is 9.96. The number of carbonyl (C=O) groups excluding carboxylic acids is 1. The van der Waals surface area contributed by atoms with Gasteiger partial charge in [-0.05, 0) is 25.0 Å². The summed E-state index contributed by atoms with van der Waals surface area (Å²) >= 11 is 0. The van der Waals surface area contributed by atoms with Crippen molar-refractivity contribution in [1.82, 2.24) is 15.3 Å². The Labute approximate surface area is 149 Å². The van der Waals surface area contributed by atoms with Crippen molar-refractivity contribution in [3.05, 3.63) is 55.9 Å². The minimum atomic E-state index is -0.579. The Kier molecular flexibility index (Phi) is 5.11. The SMILES string of the molecule is COc1cccc2c1OC[C@@H](CNC(=O)Cc1c(C)[nH]c(=O)[nH]c1=O)C2. The van der Waals surface area contributed by atoms with Crippen LogP contribution in [0.3, 0.4) is 0 Å². The summed E-state index contributed by atoms with van der Waals surface area (Å²) in [7, 11) is 1.60. The Bertz CT molecular complexity index is 931. The molecule has 0 saturated heterocycles. The van der Waals surface area contributed by atoms with Crippen LogP contribution in [0.2, 0.25) is 0 Å². The Hall–Kier alpha value is -3.03. The first kappa shape index (κ1) is 17.8. The molecular formula is C18H21N3O5. The molecule has 2 heterocycles. The van der Waals surface area contributed by atoms with Gasteiger partial charge in [-0.1, -0.05) is 12.1 Å². The van der Waals surface area contributed by atoms with Gasteiger partial charge in [0.15, 0.2) is 11.5 Å². The van der Waals surface area contributed by atoms with E-state index in [0.29, 0.717) is 24.6 Å². The number of rotatable bonds is 5. The molecule has 1 atom stereocenters. The van der Waals surface area contributed by atoms with Gasteiger partial charge in [0.25, 0.3) is 5.56 Å². The van der Waals surface area contributed by atoms with E-state index in [4.69, 9.17) is 9.47 Å². The summed E-state index contributed by atoms with van der Waals surface area (Å²) in [6, 6.07) is 5.74. The first-order valence-electron chi connectivity index (χ1n) is 8.35. The number of benzene rings is 1. The van der Waals surface area contributed by atoms with Gasteiger partial charge in [0.1, 0.15) is 0 Å². The molecule has 2 aromatic rings. The minimum Gasteiger partial charge on any atom is -0.493 e. The summed E-state index contributed by atoms with van der Waals surface area (Å²) in [5.74, 6) is 1.32. The van der Waals surface area contributed by atoms with E-state index in [0.717, 1.165) is 17.7 Å². The lowest BCUT2D eigenvalue weighted by molar-refractivity contribution is -0.120. The fourth-order valence-corrected chi connectivity index (χ4v) is 3.07.